The molecule has 2 rings (SSSR count). The minimum Gasteiger partial charge on any atom is -0.489 e. The standard InChI is InChI=1S/C13H10BClF2O3/c15-11-3-1-2-8(13(11)17)7-20-12-5-4-9(16)6-10(12)14(18)19/h1-6,18-19H,7H2. The van der Waals surface area contributed by atoms with Gasteiger partial charge in [0.1, 0.15) is 24.0 Å². The van der Waals surface area contributed by atoms with Gasteiger partial charge >= 0.3 is 7.12 Å². The molecule has 2 N–H and O–H groups in total. The van der Waals surface area contributed by atoms with Crippen LogP contribution >= 0.6 is 11.6 Å². The molecule has 0 aromatic heterocycles. The predicted molar refractivity (Wildman–Crippen MR) is 72.0 cm³/mol. The summed E-state index contributed by atoms with van der Waals surface area (Å²) in [4.78, 5) is 0. The SMILES string of the molecule is OB(O)c1cc(F)ccc1OCc1cccc(Cl)c1F. The highest BCUT2D eigenvalue weighted by molar-refractivity contribution is 6.59. The first kappa shape index (κ1) is 14.8. The van der Waals surface area contributed by atoms with E-state index >= 15 is 0 Å². The fourth-order valence-corrected chi connectivity index (χ4v) is 1.86. The highest BCUT2D eigenvalue weighted by atomic mass is 35.5. The first-order valence-electron chi connectivity index (χ1n) is 5.70. The molecule has 7 heteroatoms. The summed E-state index contributed by atoms with van der Waals surface area (Å²) in [6.07, 6.45) is 0. The first-order valence-corrected chi connectivity index (χ1v) is 6.08. The van der Waals surface area contributed by atoms with Gasteiger partial charge in [-0.25, -0.2) is 8.78 Å². The van der Waals surface area contributed by atoms with Crippen LogP contribution in [0.3, 0.4) is 0 Å². The molecule has 3 nitrogen and oxygen atoms in total. The number of rotatable bonds is 4. The molecular weight excluding hydrogens is 288 g/mol. The molecule has 0 bridgehead atoms. The van der Waals surface area contributed by atoms with Crippen LogP contribution in [0.1, 0.15) is 5.56 Å². The average Bonchev–Trinajstić information content (AvgIpc) is 2.41. The summed E-state index contributed by atoms with van der Waals surface area (Å²) in [7, 11) is -1.88. The van der Waals surface area contributed by atoms with Crippen molar-refractivity contribution in [3.63, 3.8) is 0 Å². The van der Waals surface area contributed by atoms with E-state index in [9.17, 15) is 8.78 Å². The maximum Gasteiger partial charge on any atom is 0.492 e. The van der Waals surface area contributed by atoms with Crippen LogP contribution in [-0.4, -0.2) is 17.2 Å². The van der Waals surface area contributed by atoms with E-state index in [4.69, 9.17) is 26.4 Å². The third-order valence-electron chi connectivity index (χ3n) is 2.66. The van der Waals surface area contributed by atoms with Gasteiger partial charge in [-0.2, -0.15) is 0 Å². The second kappa shape index (κ2) is 6.22. The maximum atomic E-state index is 13.7. The van der Waals surface area contributed by atoms with E-state index in [1.807, 2.05) is 0 Å². The Morgan fingerprint density at radius 1 is 1.15 bits per heavy atom. The molecule has 0 amide bonds. The third-order valence-corrected chi connectivity index (χ3v) is 2.96. The lowest BCUT2D eigenvalue weighted by atomic mass is 9.79. The van der Waals surface area contributed by atoms with Crippen LogP contribution in [0.15, 0.2) is 36.4 Å². The van der Waals surface area contributed by atoms with Gasteiger partial charge in [0.15, 0.2) is 0 Å². The van der Waals surface area contributed by atoms with Crippen molar-refractivity contribution < 1.29 is 23.6 Å². The lowest BCUT2D eigenvalue weighted by Gasteiger charge is -2.12. The Kier molecular flexibility index (Phi) is 4.59. The molecule has 0 aliphatic rings. The van der Waals surface area contributed by atoms with Crippen molar-refractivity contribution in [2.45, 2.75) is 6.61 Å². The number of hydrogen-bond donors (Lipinski definition) is 2. The van der Waals surface area contributed by atoms with Crippen LogP contribution in [0.2, 0.25) is 5.02 Å². The number of ether oxygens (including phenoxy) is 1. The molecule has 0 unspecified atom stereocenters. The van der Waals surface area contributed by atoms with Crippen LogP contribution in [-0.2, 0) is 6.61 Å². The van der Waals surface area contributed by atoms with Gasteiger partial charge in [0.2, 0.25) is 0 Å². The van der Waals surface area contributed by atoms with E-state index in [2.05, 4.69) is 0 Å². The van der Waals surface area contributed by atoms with Crippen molar-refractivity contribution >= 4 is 24.2 Å². The van der Waals surface area contributed by atoms with Crippen LogP contribution in [0, 0.1) is 11.6 Å². The molecular formula is C13H10BClF2O3. The Morgan fingerprint density at radius 2 is 1.90 bits per heavy atom. The normalized spacial score (nSPS) is 10.4. The quantitative estimate of drug-likeness (QED) is 0.847. The van der Waals surface area contributed by atoms with Crippen molar-refractivity contribution in [1.29, 1.82) is 0 Å². The molecule has 0 aliphatic carbocycles. The fraction of sp³-hybridized carbons (Fsp3) is 0.0769. The second-order valence-corrected chi connectivity index (χ2v) is 4.46. The Balaban J connectivity index is 2.21. The van der Waals surface area contributed by atoms with Gasteiger partial charge in [0, 0.05) is 11.0 Å². The van der Waals surface area contributed by atoms with E-state index in [1.165, 1.54) is 18.2 Å². The van der Waals surface area contributed by atoms with E-state index in [1.54, 1.807) is 6.07 Å². The van der Waals surface area contributed by atoms with Gasteiger partial charge in [-0.15, -0.1) is 0 Å². The van der Waals surface area contributed by atoms with Gasteiger partial charge in [-0.3, -0.25) is 0 Å². The summed E-state index contributed by atoms with van der Waals surface area (Å²) in [5.41, 5.74) is 0.0765. The van der Waals surface area contributed by atoms with Crippen LogP contribution in [0.25, 0.3) is 0 Å². The Morgan fingerprint density at radius 3 is 2.60 bits per heavy atom. The molecule has 0 saturated carbocycles. The zero-order valence-electron chi connectivity index (χ0n) is 10.2. The van der Waals surface area contributed by atoms with Crippen LogP contribution in [0.5, 0.6) is 5.75 Å². The Hall–Kier alpha value is -1.63. The lowest BCUT2D eigenvalue weighted by molar-refractivity contribution is 0.300. The van der Waals surface area contributed by atoms with Crippen molar-refractivity contribution in [1.82, 2.24) is 0 Å². The molecule has 0 aliphatic heterocycles. The van der Waals surface area contributed by atoms with Gasteiger partial charge < -0.3 is 14.8 Å². The van der Waals surface area contributed by atoms with Crippen LogP contribution < -0.4 is 10.2 Å². The number of halogens is 3. The first-order chi connectivity index (χ1) is 9.49. The molecule has 0 saturated heterocycles. The Labute approximate surface area is 119 Å². The molecule has 2 aromatic carbocycles. The minimum atomic E-state index is -1.88. The minimum absolute atomic E-state index is 0.0346. The average molecular weight is 298 g/mol. The predicted octanol–water partition coefficient (Wildman–Crippen LogP) is 1.88. The van der Waals surface area contributed by atoms with Crippen LogP contribution in [0.4, 0.5) is 8.78 Å². The van der Waals surface area contributed by atoms with Gasteiger partial charge in [0.25, 0.3) is 0 Å². The van der Waals surface area contributed by atoms with Gasteiger partial charge in [0.05, 0.1) is 5.02 Å². The highest BCUT2D eigenvalue weighted by Gasteiger charge is 2.18. The summed E-state index contributed by atoms with van der Waals surface area (Å²) in [5.74, 6) is -1.18. The summed E-state index contributed by atoms with van der Waals surface area (Å²) in [6.45, 7) is -0.169. The zero-order valence-corrected chi connectivity index (χ0v) is 10.9. The second-order valence-electron chi connectivity index (χ2n) is 4.06. The van der Waals surface area contributed by atoms with Crippen molar-refractivity contribution in [3.05, 3.63) is 58.6 Å². The molecule has 0 radical (unpaired) electrons. The largest absolute Gasteiger partial charge is 0.492 e. The molecule has 0 heterocycles. The number of benzene rings is 2. The van der Waals surface area contributed by atoms with Crippen molar-refractivity contribution in [3.8, 4) is 5.75 Å². The molecule has 0 atom stereocenters. The zero-order chi connectivity index (χ0) is 14.7. The van der Waals surface area contributed by atoms with Gasteiger partial charge in [-0.1, -0.05) is 23.7 Å². The topological polar surface area (TPSA) is 49.7 Å². The third kappa shape index (κ3) is 3.28. The smallest absolute Gasteiger partial charge is 0.489 e. The summed E-state index contributed by atoms with van der Waals surface area (Å²) in [6, 6.07) is 7.74. The van der Waals surface area contributed by atoms with E-state index in [-0.39, 0.29) is 28.4 Å². The molecule has 104 valence electrons. The van der Waals surface area contributed by atoms with Crippen molar-refractivity contribution in [2.75, 3.05) is 0 Å². The fourth-order valence-electron chi connectivity index (χ4n) is 1.67. The molecule has 2 aromatic rings. The monoisotopic (exact) mass is 298 g/mol. The summed E-state index contributed by atoms with van der Waals surface area (Å²) in [5, 5.41) is 18.2. The van der Waals surface area contributed by atoms with E-state index in [0.717, 1.165) is 12.1 Å². The van der Waals surface area contributed by atoms with E-state index < -0.39 is 18.8 Å². The Bertz CT molecular complexity index is 623. The molecule has 20 heavy (non-hydrogen) atoms. The van der Waals surface area contributed by atoms with E-state index in [0.29, 0.717) is 0 Å². The molecule has 0 spiro atoms. The highest BCUT2D eigenvalue weighted by Crippen LogP contribution is 2.19. The van der Waals surface area contributed by atoms with Crippen molar-refractivity contribution in [2.24, 2.45) is 0 Å². The van der Waals surface area contributed by atoms with Gasteiger partial charge in [-0.05, 0) is 24.3 Å². The maximum absolute atomic E-state index is 13.7. The summed E-state index contributed by atoms with van der Waals surface area (Å²) < 4.78 is 32.0. The lowest BCUT2D eigenvalue weighted by Crippen LogP contribution is -2.31. The summed E-state index contributed by atoms with van der Waals surface area (Å²) >= 11 is 5.64. The number of hydrogen-bond acceptors (Lipinski definition) is 3. The molecule has 0 fully saturated rings.